The number of fused-ring (bicyclic) bond motifs is 1. The molecule has 0 bridgehead atoms. The van der Waals surface area contributed by atoms with E-state index in [9.17, 15) is 0 Å². The summed E-state index contributed by atoms with van der Waals surface area (Å²) in [6.07, 6.45) is 3.65. The molecule has 1 aliphatic rings. The minimum Gasteiger partial charge on any atom is -0.316 e. The van der Waals surface area contributed by atoms with E-state index < -0.39 is 0 Å². The third kappa shape index (κ3) is 3.13. The van der Waals surface area contributed by atoms with Crippen molar-refractivity contribution in [2.45, 2.75) is 19.3 Å². The van der Waals surface area contributed by atoms with E-state index >= 15 is 0 Å². The van der Waals surface area contributed by atoms with Gasteiger partial charge in [-0.3, -0.25) is 4.98 Å². The van der Waals surface area contributed by atoms with Crippen molar-refractivity contribution in [3.63, 3.8) is 0 Å². The molecular formula is C21H22N2. The van der Waals surface area contributed by atoms with Gasteiger partial charge in [-0.05, 0) is 49.7 Å². The smallest absolute Gasteiger partial charge is 0.0711 e. The number of hydrogen-bond acceptors (Lipinski definition) is 2. The molecule has 1 unspecified atom stereocenters. The van der Waals surface area contributed by atoms with E-state index in [2.05, 4.69) is 66.0 Å². The second kappa shape index (κ2) is 6.51. The number of pyridine rings is 1. The highest BCUT2D eigenvalue weighted by Gasteiger charge is 2.16. The molecular weight excluding hydrogens is 280 g/mol. The molecule has 116 valence electrons. The van der Waals surface area contributed by atoms with E-state index in [1.165, 1.54) is 34.9 Å². The molecule has 0 saturated carbocycles. The fourth-order valence-electron chi connectivity index (χ4n) is 3.55. The van der Waals surface area contributed by atoms with Crippen LogP contribution in [0.4, 0.5) is 0 Å². The summed E-state index contributed by atoms with van der Waals surface area (Å²) in [6.45, 7) is 2.28. The molecule has 0 radical (unpaired) electrons. The number of aromatic nitrogens is 1. The number of piperidine rings is 1. The number of hydrogen-bond donors (Lipinski definition) is 1. The first-order chi connectivity index (χ1) is 11.4. The van der Waals surface area contributed by atoms with Crippen LogP contribution < -0.4 is 5.32 Å². The Hall–Kier alpha value is -2.19. The Morgan fingerprint density at radius 3 is 2.65 bits per heavy atom. The summed E-state index contributed by atoms with van der Waals surface area (Å²) in [5.74, 6) is 0.700. The second-order valence-electron chi connectivity index (χ2n) is 6.46. The zero-order valence-corrected chi connectivity index (χ0v) is 13.3. The van der Waals surface area contributed by atoms with Gasteiger partial charge in [0.05, 0.1) is 5.69 Å². The van der Waals surface area contributed by atoms with Crippen LogP contribution >= 0.6 is 0 Å². The Labute approximate surface area is 137 Å². The highest BCUT2D eigenvalue weighted by Crippen LogP contribution is 2.27. The lowest BCUT2D eigenvalue weighted by molar-refractivity contribution is 0.374. The van der Waals surface area contributed by atoms with Crippen molar-refractivity contribution < 1.29 is 0 Å². The number of benzene rings is 2. The first kappa shape index (κ1) is 14.4. The van der Waals surface area contributed by atoms with Gasteiger partial charge < -0.3 is 5.32 Å². The number of nitrogens with one attached hydrogen (secondary N) is 1. The van der Waals surface area contributed by atoms with Gasteiger partial charge in [0.25, 0.3) is 0 Å². The quantitative estimate of drug-likeness (QED) is 0.773. The summed E-state index contributed by atoms with van der Waals surface area (Å²) in [4.78, 5) is 5.04. The monoisotopic (exact) mass is 302 g/mol. The van der Waals surface area contributed by atoms with Gasteiger partial charge in [-0.15, -0.1) is 0 Å². The predicted octanol–water partition coefficient (Wildman–Crippen LogP) is 4.44. The Morgan fingerprint density at radius 2 is 1.83 bits per heavy atom. The lowest BCUT2D eigenvalue weighted by Crippen LogP contribution is -2.31. The Balaban J connectivity index is 1.77. The van der Waals surface area contributed by atoms with E-state index in [0.717, 1.165) is 25.2 Å². The van der Waals surface area contributed by atoms with Gasteiger partial charge in [-0.25, -0.2) is 0 Å². The third-order valence-corrected chi connectivity index (χ3v) is 4.77. The summed E-state index contributed by atoms with van der Waals surface area (Å²) in [5, 5.41) is 6.12. The van der Waals surface area contributed by atoms with E-state index in [1.54, 1.807) is 0 Å². The first-order valence-electron chi connectivity index (χ1n) is 8.55. The van der Waals surface area contributed by atoms with Crippen molar-refractivity contribution in [2.24, 2.45) is 5.92 Å². The lowest BCUT2D eigenvalue weighted by Gasteiger charge is -2.23. The molecule has 2 aromatic carbocycles. The maximum atomic E-state index is 5.04. The standard InChI is InChI=1S/C21H22N2/c1-2-8-17(9-3-1)20-14-18-10-4-5-11-19(18)21(23-20)13-16-7-6-12-22-15-16/h1-5,8-11,14,16,22H,6-7,12-13,15H2. The van der Waals surface area contributed by atoms with Crippen LogP contribution in [0.15, 0.2) is 60.7 Å². The molecule has 0 aliphatic carbocycles. The van der Waals surface area contributed by atoms with Crippen molar-refractivity contribution in [3.05, 3.63) is 66.4 Å². The van der Waals surface area contributed by atoms with Gasteiger partial charge in [0.2, 0.25) is 0 Å². The maximum Gasteiger partial charge on any atom is 0.0711 e. The van der Waals surface area contributed by atoms with Crippen molar-refractivity contribution in [1.29, 1.82) is 0 Å². The van der Waals surface area contributed by atoms with Gasteiger partial charge >= 0.3 is 0 Å². The second-order valence-corrected chi connectivity index (χ2v) is 6.46. The average Bonchev–Trinajstić information content (AvgIpc) is 2.63. The van der Waals surface area contributed by atoms with Crippen molar-refractivity contribution >= 4 is 10.8 Å². The summed E-state index contributed by atoms with van der Waals surface area (Å²) in [7, 11) is 0. The fraction of sp³-hybridized carbons (Fsp3) is 0.286. The molecule has 3 aromatic rings. The SMILES string of the molecule is c1ccc(-c2cc3ccccc3c(CC3CCCNC3)n2)cc1. The summed E-state index contributed by atoms with van der Waals surface area (Å²) in [5.41, 5.74) is 3.53. The number of nitrogens with zero attached hydrogens (tertiary/aromatic N) is 1. The van der Waals surface area contributed by atoms with Gasteiger partial charge in [0.15, 0.2) is 0 Å². The molecule has 23 heavy (non-hydrogen) atoms. The van der Waals surface area contributed by atoms with Crippen LogP contribution in [0.3, 0.4) is 0 Å². The molecule has 2 heteroatoms. The first-order valence-corrected chi connectivity index (χ1v) is 8.55. The Morgan fingerprint density at radius 1 is 1.00 bits per heavy atom. The van der Waals surface area contributed by atoms with Crippen LogP contribution in [0.1, 0.15) is 18.5 Å². The molecule has 2 nitrogen and oxygen atoms in total. The summed E-state index contributed by atoms with van der Waals surface area (Å²) < 4.78 is 0. The minimum atomic E-state index is 0.700. The zero-order chi connectivity index (χ0) is 15.5. The third-order valence-electron chi connectivity index (χ3n) is 4.77. The van der Waals surface area contributed by atoms with Crippen LogP contribution in [0.2, 0.25) is 0 Å². The zero-order valence-electron chi connectivity index (χ0n) is 13.3. The topological polar surface area (TPSA) is 24.9 Å². The van der Waals surface area contributed by atoms with Crippen molar-refractivity contribution in [3.8, 4) is 11.3 Å². The van der Waals surface area contributed by atoms with Crippen LogP contribution in [-0.2, 0) is 6.42 Å². The van der Waals surface area contributed by atoms with Crippen LogP contribution in [0.25, 0.3) is 22.0 Å². The Bertz CT molecular complexity index is 789. The number of rotatable bonds is 3. The van der Waals surface area contributed by atoms with E-state index in [-0.39, 0.29) is 0 Å². The van der Waals surface area contributed by atoms with Crippen molar-refractivity contribution in [2.75, 3.05) is 13.1 Å². The molecule has 1 aromatic heterocycles. The lowest BCUT2D eigenvalue weighted by atomic mass is 9.92. The molecule has 4 rings (SSSR count). The fourth-order valence-corrected chi connectivity index (χ4v) is 3.55. The highest BCUT2D eigenvalue weighted by atomic mass is 14.9. The molecule has 0 spiro atoms. The van der Waals surface area contributed by atoms with E-state index in [4.69, 9.17) is 4.98 Å². The van der Waals surface area contributed by atoms with Crippen LogP contribution in [0, 0.1) is 5.92 Å². The summed E-state index contributed by atoms with van der Waals surface area (Å²) >= 11 is 0. The van der Waals surface area contributed by atoms with E-state index in [1.807, 2.05) is 0 Å². The Kier molecular flexibility index (Phi) is 4.08. The molecule has 1 saturated heterocycles. The van der Waals surface area contributed by atoms with Gasteiger partial charge in [-0.2, -0.15) is 0 Å². The molecule has 2 heterocycles. The maximum absolute atomic E-state index is 5.04. The predicted molar refractivity (Wildman–Crippen MR) is 96.5 cm³/mol. The highest BCUT2D eigenvalue weighted by molar-refractivity contribution is 5.87. The van der Waals surface area contributed by atoms with E-state index in [0.29, 0.717) is 5.92 Å². The largest absolute Gasteiger partial charge is 0.316 e. The summed E-state index contributed by atoms with van der Waals surface area (Å²) in [6, 6.07) is 21.4. The van der Waals surface area contributed by atoms with Gasteiger partial charge in [0.1, 0.15) is 0 Å². The molecule has 1 aliphatic heterocycles. The van der Waals surface area contributed by atoms with Crippen LogP contribution in [0.5, 0.6) is 0 Å². The molecule has 0 amide bonds. The molecule has 1 atom stereocenters. The van der Waals surface area contributed by atoms with Crippen molar-refractivity contribution in [1.82, 2.24) is 10.3 Å². The normalized spacial score (nSPS) is 18.2. The van der Waals surface area contributed by atoms with Gasteiger partial charge in [0, 0.05) is 16.6 Å². The van der Waals surface area contributed by atoms with Gasteiger partial charge in [-0.1, -0.05) is 54.6 Å². The van der Waals surface area contributed by atoms with Crippen LogP contribution in [-0.4, -0.2) is 18.1 Å². The molecule has 1 fully saturated rings. The molecule has 1 N–H and O–H groups in total. The average molecular weight is 302 g/mol. The minimum absolute atomic E-state index is 0.700.